The molecule has 0 bridgehead atoms. The van der Waals surface area contributed by atoms with Gasteiger partial charge < -0.3 is 4.90 Å². The third-order valence-corrected chi connectivity index (χ3v) is 3.38. The molecule has 0 aliphatic rings. The van der Waals surface area contributed by atoms with Crippen molar-refractivity contribution in [2.24, 2.45) is 0 Å². The molecule has 0 radical (unpaired) electrons. The molecule has 0 fully saturated rings. The van der Waals surface area contributed by atoms with Crippen molar-refractivity contribution in [3.05, 3.63) is 69.0 Å². The number of nitro groups is 1. The van der Waals surface area contributed by atoms with Crippen molar-refractivity contribution in [2.45, 2.75) is 13.5 Å². The lowest BCUT2D eigenvalue weighted by Gasteiger charge is -2.20. The molecule has 0 saturated carbocycles. The number of hydrogen-bond acceptors (Lipinski definition) is 4. The van der Waals surface area contributed by atoms with Crippen molar-refractivity contribution in [3.8, 4) is 6.07 Å². The Morgan fingerprint density at radius 1 is 1.32 bits per heavy atom. The Morgan fingerprint density at radius 2 is 2.05 bits per heavy atom. The Morgan fingerprint density at radius 3 is 2.64 bits per heavy atom. The first-order valence-corrected chi connectivity index (χ1v) is 6.57. The van der Waals surface area contributed by atoms with Crippen molar-refractivity contribution in [2.75, 3.05) is 11.9 Å². The Bertz CT molecular complexity index is 768. The second-order valence-corrected chi connectivity index (χ2v) is 5.01. The van der Waals surface area contributed by atoms with E-state index in [0.717, 1.165) is 5.56 Å². The fourth-order valence-electron chi connectivity index (χ4n) is 2.15. The first kappa shape index (κ1) is 15.4. The van der Waals surface area contributed by atoms with E-state index in [2.05, 4.69) is 0 Å². The van der Waals surface area contributed by atoms with Crippen molar-refractivity contribution >= 4 is 11.4 Å². The molecule has 0 aliphatic carbocycles. The van der Waals surface area contributed by atoms with Crippen LogP contribution in [0.5, 0.6) is 0 Å². The van der Waals surface area contributed by atoms with Gasteiger partial charge in [-0.15, -0.1) is 0 Å². The Kier molecular flexibility index (Phi) is 4.37. The standard InChI is InChI=1S/C16H14FN3O2/c1-11-3-4-12(7-15(11)17)10-19(2)16-6-5-14(20(21)22)8-13(16)9-18/h3-8H,10H2,1-2H3. The van der Waals surface area contributed by atoms with Crippen LogP contribution in [0.15, 0.2) is 36.4 Å². The molecule has 0 atom stereocenters. The zero-order valence-corrected chi connectivity index (χ0v) is 12.2. The SMILES string of the molecule is Cc1ccc(CN(C)c2ccc([N+](=O)[O-])cc2C#N)cc1F. The molecular formula is C16H14FN3O2. The smallest absolute Gasteiger partial charge is 0.270 e. The summed E-state index contributed by atoms with van der Waals surface area (Å²) < 4.78 is 13.6. The van der Waals surface area contributed by atoms with Crippen LogP contribution in [0.25, 0.3) is 0 Å². The van der Waals surface area contributed by atoms with Crippen LogP contribution in [0.1, 0.15) is 16.7 Å². The largest absolute Gasteiger partial charge is 0.369 e. The topological polar surface area (TPSA) is 70.2 Å². The number of benzene rings is 2. The lowest BCUT2D eigenvalue weighted by molar-refractivity contribution is -0.384. The highest BCUT2D eigenvalue weighted by Gasteiger charge is 2.14. The minimum absolute atomic E-state index is 0.130. The van der Waals surface area contributed by atoms with Gasteiger partial charge in [0.25, 0.3) is 5.69 Å². The maximum Gasteiger partial charge on any atom is 0.270 e. The molecule has 0 amide bonds. The number of halogens is 1. The minimum Gasteiger partial charge on any atom is -0.369 e. The van der Waals surface area contributed by atoms with Crippen molar-refractivity contribution in [1.29, 1.82) is 5.26 Å². The number of hydrogen-bond donors (Lipinski definition) is 0. The zero-order chi connectivity index (χ0) is 16.3. The number of nitro benzene ring substituents is 1. The van der Waals surface area contributed by atoms with Gasteiger partial charge in [0.15, 0.2) is 0 Å². The third-order valence-electron chi connectivity index (χ3n) is 3.38. The van der Waals surface area contributed by atoms with Crippen LogP contribution in [0, 0.1) is 34.2 Å². The lowest BCUT2D eigenvalue weighted by atomic mass is 10.1. The highest BCUT2D eigenvalue weighted by Crippen LogP contribution is 2.25. The summed E-state index contributed by atoms with van der Waals surface area (Å²) in [5, 5.41) is 19.9. The van der Waals surface area contributed by atoms with Gasteiger partial charge in [0.05, 0.1) is 16.2 Å². The summed E-state index contributed by atoms with van der Waals surface area (Å²) in [4.78, 5) is 12.0. The second kappa shape index (κ2) is 6.22. The predicted octanol–water partition coefficient (Wildman–Crippen LogP) is 3.55. The van der Waals surface area contributed by atoms with Crippen LogP contribution in [-0.2, 0) is 6.54 Å². The van der Waals surface area contributed by atoms with E-state index in [-0.39, 0.29) is 17.1 Å². The molecule has 0 N–H and O–H groups in total. The van der Waals surface area contributed by atoms with Crippen molar-refractivity contribution < 1.29 is 9.31 Å². The van der Waals surface area contributed by atoms with Crippen LogP contribution in [0.2, 0.25) is 0 Å². The molecule has 6 heteroatoms. The Hall–Kier alpha value is -2.94. The molecule has 2 aromatic rings. The third kappa shape index (κ3) is 3.20. The quantitative estimate of drug-likeness (QED) is 0.639. The molecule has 0 aliphatic heterocycles. The molecule has 0 aromatic heterocycles. The highest BCUT2D eigenvalue weighted by molar-refractivity contribution is 5.62. The van der Waals surface area contributed by atoms with Gasteiger partial charge in [-0.2, -0.15) is 5.26 Å². The van der Waals surface area contributed by atoms with E-state index < -0.39 is 4.92 Å². The number of aryl methyl sites for hydroxylation is 1. The molecule has 0 unspecified atom stereocenters. The number of anilines is 1. The first-order valence-electron chi connectivity index (χ1n) is 6.57. The average Bonchev–Trinajstić information content (AvgIpc) is 2.50. The Balaban J connectivity index is 2.29. The molecule has 2 aromatic carbocycles. The van der Waals surface area contributed by atoms with Gasteiger partial charge in [0, 0.05) is 25.7 Å². The highest BCUT2D eigenvalue weighted by atomic mass is 19.1. The van der Waals surface area contributed by atoms with Crippen LogP contribution >= 0.6 is 0 Å². The fraction of sp³-hybridized carbons (Fsp3) is 0.188. The van der Waals surface area contributed by atoms with E-state index in [4.69, 9.17) is 5.26 Å². The summed E-state index contributed by atoms with van der Waals surface area (Å²) in [6.07, 6.45) is 0. The summed E-state index contributed by atoms with van der Waals surface area (Å²) >= 11 is 0. The molecule has 0 spiro atoms. The maximum absolute atomic E-state index is 13.6. The molecule has 0 saturated heterocycles. The van der Waals surface area contributed by atoms with Gasteiger partial charge in [-0.1, -0.05) is 12.1 Å². The number of non-ortho nitro benzene ring substituents is 1. The zero-order valence-electron chi connectivity index (χ0n) is 12.2. The maximum atomic E-state index is 13.6. The van der Waals surface area contributed by atoms with Crippen LogP contribution in [0.3, 0.4) is 0 Å². The fourth-order valence-corrected chi connectivity index (χ4v) is 2.15. The molecule has 22 heavy (non-hydrogen) atoms. The van der Waals surface area contributed by atoms with E-state index in [1.807, 2.05) is 12.1 Å². The number of nitrogens with zero attached hydrogens (tertiary/aromatic N) is 3. The van der Waals surface area contributed by atoms with E-state index in [0.29, 0.717) is 17.8 Å². The van der Waals surface area contributed by atoms with Gasteiger partial charge in [0.2, 0.25) is 0 Å². The minimum atomic E-state index is -0.542. The van der Waals surface area contributed by atoms with Gasteiger partial charge >= 0.3 is 0 Å². The van der Waals surface area contributed by atoms with E-state index in [1.165, 1.54) is 24.3 Å². The monoisotopic (exact) mass is 299 g/mol. The van der Waals surface area contributed by atoms with Crippen LogP contribution in [-0.4, -0.2) is 12.0 Å². The van der Waals surface area contributed by atoms with E-state index in [1.54, 1.807) is 24.9 Å². The summed E-state index contributed by atoms with van der Waals surface area (Å²) in [5.74, 6) is -0.282. The average molecular weight is 299 g/mol. The lowest BCUT2D eigenvalue weighted by Crippen LogP contribution is -2.17. The van der Waals surface area contributed by atoms with E-state index in [9.17, 15) is 14.5 Å². The first-order chi connectivity index (χ1) is 10.4. The van der Waals surface area contributed by atoms with Gasteiger partial charge in [0.1, 0.15) is 11.9 Å². The summed E-state index contributed by atoms with van der Waals surface area (Å²) in [6.45, 7) is 2.08. The number of nitriles is 1. The predicted molar refractivity (Wildman–Crippen MR) is 81.1 cm³/mol. The van der Waals surface area contributed by atoms with Crippen molar-refractivity contribution in [1.82, 2.24) is 0 Å². The second-order valence-electron chi connectivity index (χ2n) is 5.01. The molecule has 5 nitrogen and oxygen atoms in total. The van der Waals surface area contributed by atoms with Crippen LogP contribution < -0.4 is 4.90 Å². The van der Waals surface area contributed by atoms with Gasteiger partial charge in [-0.05, 0) is 30.2 Å². The van der Waals surface area contributed by atoms with Crippen molar-refractivity contribution in [3.63, 3.8) is 0 Å². The summed E-state index contributed by atoms with van der Waals surface area (Å²) in [6, 6.07) is 11.0. The van der Waals surface area contributed by atoms with Gasteiger partial charge in [-0.25, -0.2) is 4.39 Å². The summed E-state index contributed by atoms with van der Waals surface area (Å²) in [7, 11) is 1.75. The Labute approximate surface area is 127 Å². The molecule has 112 valence electrons. The molecule has 0 heterocycles. The summed E-state index contributed by atoms with van der Waals surface area (Å²) in [5.41, 5.74) is 1.97. The normalized spacial score (nSPS) is 10.1. The van der Waals surface area contributed by atoms with Gasteiger partial charge in [-0.3, -0.25) is 10.1 Å². The molecule has 2 rings (SSSR count). The molecular weight excluding hydrogens is 285 g/mol. The number of rotatable bonds is 4. The van der Waals surface area contributed by atoms with E-state index >= 15 is 0 Å². The van der Waals surface area contributed by atoms with Crippen LogP contribution in [0.4, 0.5) is 15.8 Å².